The largest absolute Gasteiger partial charge is 0.314 e. The van der Waals surface area contributed by atoms with Crippen molar-refractivity contribution >= 4 is 0 Å². The molecule has 0 atom stereocenters. The van der Waals surface area contributed by atoms with Gasteiger partial charge in [-0.2, -0.15) is 0 Å². The number of nitrogens with zero attached hydrogens (tertiary/aromatic N) is 1. The predicted octanol–water partition coefficient (Wildman–Crippen LogP) is 3.03. The molecule has 0 unspecified atom stereocenters. The van der Waals surface area contributed by atoms with E-state index in [4.69, 9.17) is 0 Å². The van der Waals surface area contributed by atoms with Crippen LogP contribution >= 0.6 is 0 Å². The molecule has 0 amide bonds. The Bertz CT molecular complexity index is 221. The molecule has 1 saturated heterocycles. The van der Waals surface area contributed by atoms with Crippen LogP contribution in [0.2, 0.25) is 0 Å². The molecule has 0 bridgehead atoms. The summed E-state index contributed by atoms with van der Waals surface area (Å²) < 4.78 is 0. The summed E-state index contributed by atoms with van der Waals surface area (Å²) in [6.45, 7) is 10.1. The van der Waals surface area contributed by atoms with E-state index < -0.39 is 0 Å². The van der Waals surface area contributed by atoms with E-state index in [0.717, 1.165) is 6.04 Å². The first kappa shape index (κ1) is 13.4. The smallest absolute Gasteiger partial charge is 0.00682 e. The molecule has 1 aliphatic carbocycles. The Kier molecular flexibility index (Phi) is 4.87. The minimum absolute atomic E-state index is 0.586. The lowest BCUT2D eigenvalue weighted by Crippen LogP contribution is -2.27. The summed E-state index contributed by atoms with van der Waals surface area (Å²) in [5.74, 6) is 0. The molecule has 0 spiro atoms. The SMILES string of the molecule is CC1(C)CCCN(CCCCNC2CC2)CC1. The van der Waals surface area contributed by atoms with E-state index in [9.17, 15) is 0 Å². The normalized spacial score (nSPS) is 25.8. The van der Waals surface area contributed by atoms with Crippen LogP contribution in [-0.2, 0) is 0 Å². The summed E-state index contributed by atoms with van der Waals surface area (Å²) >= 11 is 0. The minimum Gasteiger partial charge on any atom is -0.314 e. The lowest BCUT2D eigenvalue weighted by molar-refractivity contribution is 0.258. The van der Waals surface area contributed by atoms with Crippen LogP contribution in [0.5, 0.6) is 0 Å². The third-order valence-electron chi connectivity index (χ3n) is 4.34. The Morgan fingerprint density at radius 3 is 2.71 bits per heavy atom. The second kappa shape index (κ2) is 6.19. The molecule has 1 aliphatic heterocycles. The fourth-order valence-corrected chi connectivity index (χ4v) is 2.76. The van der Waals surface area contributed by atoms with Crippen LogP contribution in [0.4, 0.5) is 0 Å². The van der Waals surface area contributed by atoms with E-state index >= 15 is 0 Å². The highest BCUT2D eigenvalue weighted by atomic mass is 15.1. The Labute approximate surface area is 107 Å². The van der Waals surface area contributed by atoms with Gasteiger partial charge in [0.25, 0.3) is 0 Å². The Hall–Kier alpha value is -0.0800. The van der Waals surface area contributed by atoms with Crippen molar-refractivity contribution in [3.05, 3.63) is 0 Å². The van der Waals surface area contributed by atoms with E-state index in [2.05, 4.69) is 24.1 Å². The topological polar surface area (TPSA) is 15.3 Å². The van der Waals surface area contributed by atoms with Crippen molar-refractivity contribution in [2.45, 2.75) is 64.8 Å². The van der Waals surface area contributed by atoms with Gasteiger partial charge in [0.1, 0.15) is 0 Å². The maximum atomic E-state index is 3.60. The van der Waals surface area contributed by atoms with Crippen LogP contribution in [0.25, 0.3) is 0 Å². The van der Waals surface area contributed by atoms with Crippen molar-refractivity contribution in [1.29, 1.82) is 0 Å². The molecule has 1 N–H and O–H groups in total. The van der Waals surface area contributed by atoms with Gasteiger partial charge in [-0.1, -0.05) is 13.8 Å². The predicted molar refractivity (Wildman–Crippen MR) is 74.3 cm³/mol. The van der Waals surface area contributed by atoms with Crippen molar-refractivity contribution in [3.8, 4) is 0 Å². The van der Waals surface area contributed by atoms with Crippen LogP contribution in [-0.4, -0.2) is 37.1 Å². The maximum absolute atomic E-state index is 3.60. The van der Waals surface area contributed by atoms with Gasteiger partial charge >= 0.3 is 0 Å². The molecule has 2 fully saturated rings. The highest BCUT2D eigenvalue weighted by Crippen LogP contribution is 2.29. The molecule has 100 valence electrons. The zero-order valence-corrected chi connectivity index (χ0v) is 11.8. The quantitative estimate of drug-likeness (QED) is 0.716. The molecule has 2 aliphatic rings. The van der Waals surface area contributed by atoms with Gasteiger partial charge in [-0.05, 0) is 76.5 Å². The molecule has 0 aromatic carbocycles. The van der Waals surface area contributed by atoms with Crippen LogP contribution in [0.3, 0.4) is 0 Å². The van der Waals surface area contributed by atoms with Crippen LogP contribution < -0.4 is 5.32 Å². The highest BCUT2D eigenvalue weighted by molar-refractivity contribution is 4.80. The molecule has 2 heteroatoms. The molecular formula is C15H30N2. The zero-order chi connectivity index (χ0) is 12.1. The average molecular weight is 238 g/mol. The van der Waals surface area contributed by atoms with Crippen molar-refractivity contribution in [2.75, 3.05) is 26.2 Å². The van der Waals surface area contributed by atoms with Crippen LogP contribution in [0.1, 0.15) is 58.8 Å². The third-order valence-corrected chi connectivity index (χ3v) is 4.34. The standard InChI is InChI=1S/C15H30N2/c1-15(2)8-5-12-17(13-9-15)11-4-3-10-16-14-6-7-14/h14,16H,3-13H2,1-2H3. The average Bonchev–Trinajstić information content (AvgIpc) is 3.08. The number of nitrogens with one attached hydrogen (secondary N) is 1. The van der Waals surface area contributed by atoms with Gasteiger partial charge in [0.05, 0.1) is 0 Å². The Morgan fingerprint density at radius 2 is 1.94 bits per heavy atom. The van der Waals surface area contributed by atoms with Gasteiger partial charge in [-0.25, -0.2) is 0 Å². The Morgan fingerprint density at radius 1 is 1.12 bits per heavy atom. The summed E-state index contributed by atoms with van der Waals surface area (Å²) in [7, 11) is 0. The summed E-state index contributed by atoms with van der Waals surface area (Å²) in [4.78, 5) is 2.69. The van der Waals surface area contributed by atoms with E-state index in [1.807, 2.05) is 0 Å². The van der Waals surface area contributed by atoms with Gasteiger partial charge in [-0.15, -0.1) is 0 Å². The van der Waals surface area contributed by atoms with Crippen LogP contribution in [0, 0.1) is 5.41 Å². The van der Waals surface area contributed by atoms with E-state index in [-0.39, 0.29) is 0 Å². The molecule has 1 saturated carbocycles. The zero-order valence-electron chi connectivity index (χ0n) is 11.8. The molecule has 0 aromatic rings. The van der Waals surface area contributed by atoms with Crippen molar-refractivity contribution in [2.24, 2.45) is 5.41 Å². The molecule has 2 nitrogen and oxygen atoms in total. The minimum atomic E-state index is 0.586. The van der Waals surface area contributed by atoms with E-state index in [1.54, 1.807) is 0 Å². The second-order valence-corrected chi connectivity index (χ2v) is 6.79. The molecule has 0 radical (unpaired) electrons. The summed E-state index contributed by atoms with van der Waals surface area (Å²) in [5, 5.41) is 3.60. The molecular weight excluding hydrogens is 208 g/mol. The van der Waals surface area contributed by atoms with E-state index in [0.29, 0.717) is 5.41 Å². The van der Waals surface area contributed by atoms with Gasteiger partial charge in [0.2, 0.25) is 0 Å². The maximum Gasteiger partial charge on any atom is 0.00682 e. The summed E-state index contributed by atoms with van der Waals surface area (Å²) in [6.07, 6.45) is 9.76. The number of rotatable bonds is 6. The monoisotopic (exact) mass is 238 g/mol. The molecule has 17 heavy (non-hydrogen) atoms. The molecule has 0 aromatic heterocycles. The highest BCUT2D eigenvalue weighted by Gasteiger charge is 2.22. The number of hydrogen-bond acceptors (Lipinski definition) is 2. The first-order chi connectivity index (χ1) is 8.16. The third kappa shape index (κ3) is 5.39. The lowest BCUT2D eigenvalue weighted by Gasteiger charge is -2.23. The van der Waals surface area contributed by atoms with Crippen molar-refractivity contribution < 1.29 is 0 Å². The van der Waals surface area contributed by atoms with Gasteiger partial charge in [-0.3, -0.25) is 0 Å². The number of likely N-dealkylation sites (tertiary alicyclic amines) is 1. The van der Waals surface area contributed by atoms with Crippen molar-refractivity contribution in [3.63, 3.8) is 0 Å². The number of hydrogen-bond donors (Lipinski definition) is 1. The van der Waals surface area contributed by atoms with Gasteiger partial charge < -0.3 is 10.2 Å². The number of unbranched alkanes of at least 4 members (excludes halogenated alkanes) is 1. The first-order valence-corrected chi connectivity index (χ1v) is 7.61. The Balaban J connectivity index is 1.52. The fraction of sp³-hybridized carbons (Fsp3) is 1.00. The van der Waals surface area contributed by atoms with Gasteiger partial charge in [0, 0.05) is 6.04 Å². The lowest BCUT2D eigenvalue weighted by atomic mass is 9.85. The van der Waals surface area contributed by atoms with Crippen LogP contribution in [0.15, 0.2) is 0 Å². The first-order valence-electron chi connectivity index (χ1n) is 7.61. The molecule has 2 rings (SSSR count). The summed E-state index contributed by atoms with van der Waals surface area (Å²) in [6, 6.07) is 0.883. The fourth-order valence-electron chi connectivity index (χ4n) is 2.76. The summed E-state index contributed by atoms with van der Waals surface area (Å²) in [5.41, 5.74) is 0.586. The van der Waals surface area contributed by atoms with Gasteiger partial charge in [0.15, 0.2) is 0 Å². The van der Waals surface area contributed by atoms with Crippen molar-refractivity contribution in [1.82, 2.24) is 10.2 Å². The van der Waals surface area contributed by atoms with E-state index in [1.165, 1.54) is 71.1 Å². The second-order valence-electron chi connectivity index (χ2n) is 6.79. The molecule has 1 heterocycles.